The lowest BCUT2D eigenvalue weighted by atomic mass is 9.90. The predicted octanol–water partition coefficient (Wildman–Crippen LogP) is 4.56. The average Bonchev–Trinajstić information content (AvgIpc) is 3.68. The molecule has 1 saturated carbocycles. The molecule has 2 fully saturated rings. The first-order valence-corrected chi connectivity index (χ1v) is 15.5. The second-order valence-corrected chi connectivity index (χ2v) is 12.2. The van der Waals surface area contributed by atoms with Crippen molar-refractivity contribution in [2.45, 2.75) is 64.2 Å². The van der Waals surface area contributed by atoms with E-state index in [1.807, 2.05) is 43.7 Å². The van der Waals surface area contributed by atoms with Gasteiger partial charge < -0.3 is 20.5 Å². The Balaban J connectivity index is 1.16. The van der Waals surface area contributed by atoms with Crippen LogP contribution in [0.2, 0.25) is 0 Å². The number of rotatable bonds is 6. The second kappa shape index (κ2) is 11.7. The molecule has 1 aliphatic carbocycles. The van der Waals surface area contributed by atoms with Crippen molar-refractivity contribution in [2.24, 2.45) is 0 Å². The molecule has 0 radical (unpaired) electrons. The highest BCUT2D eigenvalue weighted by Gasteiger charge is 2.41. The number of nitrogens with one attached hydrogen (secondary N) is 1. The molecule has 3 N–H and O–H groups in total. The first-order valence-electron chi connectivity index (χ1n) is 15.5. The maximum Gasteiger partial charge on any atom is 0.285 e. The summed E-state index contributed by atoms with van der Waals surface area (Å²) < 4.78 is 15.0. The molecule has 236 valence electrons. The Kier molecular flexibility index (Phi) is 7.57. The summed E-state index contributed by atoms with van der Waals surface area (Å²) in [6.07, 6.45) is 6.35. The number of aromatic nitrogens is 7. The fourth-order valence-corrected chi connectivity index (χ4v) is 6.13. The zero-order valence-electron chi connectivity index (χ0n) is 25.9. The predicted molar refractivity (Wildman–Crippen MR) is 172 cm³/mol. The van der Waals surface area contributed by atoms with Gasteiger partial charge in [-0.25, -0.2) is 19.6 Å². The van der Waals surface area contributed by atoms with Crippen molar-refractivity contribution in [3.63, 3.8) is 0 Å². The second-order valence-electron chi connectivity index (χ2n) is 12.2. The van der Waals surface area contributed by atoms with Gasteiger partial charge in [0.2, 0.25) is 0 Å². The van der Waals surface area contributed by atoms with Crippen LogP contribution < -0.4 is 16.6 Å². The topological polar surface area (TPSA) is 165 Å². The Morgan fingerprint density at radius 1 is 1.02 bits per heavy atom. The van der Waals surface area contributed by atoms with Crippen LogP contribution in [0.3, 0.4) is 0 Å². The third-order valence-corrected chi connectivity index (χ3v) is 8.69. The maximum atomic E-state index is 13.5. The Morgan fingerprint density at radius 3 is 2.43 bits per heavy atom. The summed E-state index contributed by atoms with van der Waals surface area (Å²) in [5.74, 6) is -0.349. The zero-order chi connectivity index (χ0) is 32.0. The number of carbonyl (C=O) groups excluding carboxylic acids is 1. The molecule has 1 saturated heterocycles. The Morgan fingerprint density at radius 2 is 1.76 bits per heavy atom. The first kappa shape index (κ1) is 29.7. The summed E-state index contributed by atoms with van der Waals surface area (Å²) in [5, 5.41) is 13.0. The van der Waals surface area contributed by atoms with Gasteiger partial charge in [0.15, 0.2) is 17.3 Å². The number of hydrogen-bond acceptors (Lipinski definition) is 10. The Hall–Kier alpha value is -5.01. The lowest BCUT2D eigenvalue weighted by Gasteiger charge is -2.35. The van der Waals surface area contributed by atoms with E-state index in [4.69, 9.17) is 20.3 Å². The fourth-order valence-electron chi connectivity index (χ4n) is 6.13. The van der Waals surface area contributed by atoms with Crippen LogP contribution in [0.4, 0.5) is 11.5 Å². The van der Waals surface area contributed by atoms with E-state index in [9.17, 15) is 9.59 Å². The maximum absolute atomic E-state index is 13.5. The zero-order valence-corrected chi connectivity index (χ0v) is 25.9. The number of hydrogen-bond donors (Lipinski definition) is 2. The van der Waals surface area contributed by atoms with Crippen LogP contribution in [0.25, 0.3) is 28.1 Å². The quantitative estimate of drug-likeness (QED) is 0.275. The van der Waals surface area contributed by atoms with Crippen molar-refractivity contribution in [1.82, 2.24) is 34.5 Å². The normalized spacial score (nSPS) is 16.4. The van der Waals surface area contributed by atoms with E-state index in [1.54, 1.807) is 30.5 Å². The molecule has 0 atom stereocenters. The van der Waals surface area contributed by atoms with E-state index in [-0.39, 0.29) is 17.5 Å². The van der Waals surface area contributed by atoms with E-state index in [2.05, 4.69) is 25.4 Å². The molecule has 4 aromatic heterocycles. The highest BCUT2D eigenvalue weighted by Crippen LogP contribution is 2.42. The SMILES string of the molecule is Cc1ccc(-n2nc(C(C)C)cc(C(=O)Nc3ccc(-c4nn(C5CCC6(CC5)OCCO6)c5ncnc(N)c45)cc3)c2=O)nc1. The van der Waals surface area contributed by atoms with Gasteiger partial charge in [0.1, 0.15) is 23.4 Å². The molecule has 5 aromatic rings. The van der Waals surface area contributed by atoms with Gasteiger partial charge in [-0.05, 0) is 55.5 Å². The molecule has 7 rings (SSSR count). The summed E-state index contributed by atoms with van der Waals surface area (Å²) in [7, 11) is 0. The number of benzene rings is 1. The smallest absolute Gasteiger partial charge is 0.285 e. The molecule has 13 heteroatoms. The van der Waals surface area contributed by atoms with Crippen LogP contribution in [0.5, 0.6) is 0 Å². The van der Waals surface area contributed by atoms with Crippen LogP contribution in [0.1, 0.15) is 73.1 Å². The van der Waals surface area contributed by atoms with Gasteiger partial charge >= 0.3 is 0 Å². The number of ether oxygens (including phenoxy) is 2. The summed E-state index contributed by atoms with van der Waals surface area (Å²) >= 11 is 0. The van der Waals surface area contributed by atoms with Gasteiger partial charge in [0.25, 0.3) is 11.5 Å². The van der Waals surface area contributed by atoms with Crippen molar-refractivity contribution < 1.29 is 14.3 Å². The number of anilines is 2. The fraction of sp³-hybridized carbons (Fsp3) is 0.364. The van der Waals surface area contributed by atoms with E-state index >= 15 is 0 Å². The van der Waals surface area contributed by atoms with Crippen molar-refractivity contribution in [3.8, 4) is 17.1 Å². The lowest BCUT2D eigenvalue weighted by Crippen LogP contribution is -2.36. The minimum Gasteiger partial charge on any atom is -0.383 e. The molecule has 13 nitrogen and oxygen atoms in total. The van der Waals surface area contributed by atoms with Gasteiger partial charge in [-0.15, -0.1) is 0 Å². The van der Waals surface area contributed by atoms with Crippen molar-refractivity contribution in [3.05, 3.63) is 82.2 Å². The summed E-state index contributed by atoms with van der Waals surface area (Å²) in [6.45, 7) is 7.07. The van der Waals surface area contributed by atoms with Gasteiger partial charge in [0.05, 0.1) is 30.3 Å². The summed E-state index contributed by atoms with van der Waals surface area (Å²) in [6, 6.07) is 12.4. The van der Waals surface area contributed by atoms with Crippen molar-refractivity contribution in [2.75, 3.05) is 24.3 Å². The molecular weight excluding hydrogens is 586 g/mol. The van der Waals surface area contributed by atoms with E-state index in [1.165, 1.54) is 11.0 Å². The molecule has 1 aliphatic heterocycles. The van der Waals surface area contributed by atoms with E-state index < -0.39 is 17.3 Å². The molecule has 1 aromatic carbocycles. The van der Waals surface area contributed by atoms with Gasteiger partial charge in [-0.1, -0.05) is 32.0 Å². The molecule has 0 unspecified atom stereocenters. The number of fused-ring (bicyclic) bond motifs is 1. The highest BCUT2D eigenvalue weighted by atomic mass is 16.7. The lowest BCUT2D eigenvalue weighted by molar-refractivity contribution is -0.181. The van der Waals surface area contributed by atoms with Crippen LogP contribution in [0.15, 0.2) is 59.8 Å². The molecule has 2 aliphatic rings. The minimum atomic E-state index is -0.554. The first-order chi connectivity index (χ1) is 22.2. The average molecular weight is 622 g/mol. The van der Waals surface area contributed by atoms with Gasteiger partial charge in [-0.3, -0.25) is 9.59 Å². The standard InChI is InChI=1S/C33H35N9O4/c1-19(2)25-16-24(32(44)42(39-25)26-9-4-20(3)17-35-26)31(43)38-22-7-5-21(6-8-22)28-27-29(34)36-18-37-30(27)41(40-28)23-10-12-33(13-11-23)45-14-15-46-33/h4-9,16-19,23H,10-15H2,1-3H3,(H,38,43)(H2,34,36,37). The number of nitrogens with zero attached hydrogens (tertiary/aromatic N) is 7. The number of amides is 1. The van der Waals surface area contributed by atoms with E-state index in [0.717, 1.165) is 36.8 Å². The number of aryl methyl sites for hydroxylation is 1. The van der Waals surface area contributed by atoms with Crippen molar-refractivity contribution in [1.29, 1.82) is 0 Å². The number of carbonyl (C=O) groups is 1. The third kappa shape index (κ3) is 5.41. The third-order valence-electron chi connectivity index (χ3n) is 8.69. The van der Waals surface area contributed by atoms with Crippen molar-refractivity contribution >= 4 is 28.4 Å². The van der Waals surface area contributed by atoms with Crippen LogP contribution in [-0.2, 0) is 9.47 Å². The van der Waals surface area contributed by atoms with Crippen LogP contribution in [0, 0.1) is 6.92 Å². The molecule has 1 spiro atoms. The minimum absolute atomic E-state index is 0.0201. The number of nitrogen functional groups attached to an aromatic ring is 1. The molecule has 5 heterocycles. The van der Waals surface area contributed by atoms with Crippen LogP contribution >= 0.6 is 0 Å². The molecular formula is C33H35N9O4. The van der Waals surface area contributed by atoms with Crippen LogP contribution in [-0.4, -0.2) is 59.4 Å². The Bertz CT molecular complexity index is 1970. The summed E-state index contributed by atoms with van der Waals surface area (Å²) in [4.78, 5) is 40.0. The Labute approximate surface area is 264 Å². The largest absolute Gasteiger partial charge is 0.383 e. The van der Waals surface area contributed by atoms with E-state index in [0.29, 0.717) is 53.0 Å². The monoisotopic (exact) mass is 621 g/mol. The number of pyridine rings is 1. The molecule has 1 amide bonds. The van der Waals surface area contributed by atoms with Gasteiger partial charge in [-0.2, -0.15) is 14.9 Å². The van der Waals surface area contributed by atoms with Gasteiger partial charge in [0, 0.05) is 30.3 Å². The summed E-state index contributed by atoms with van der Waals surface area (Å²) in [5.41, 5.74) is 9.96. The molecule has 46 heavy (non-hydrogen) atoms. The number of nitrogens with two attached hydrogens (primary N) is 1. The molecule has 0 bridgehead atoms. The highest BCUT2D eigenvalue weighted by molar-refractivity contribution is 6.04.